The van der Waals surface area contributed by atoms with Gasteiger partial charge in [-0.05, 0) is 38.3 Å². The molecule has 0 aliphatic heterocycles. The summed E-state index contributed by atoms with van der Waals surface area (Å²) in [7, 11) is 0. The lowest BCUT2D eigenvalue weighted by atomic mass is 9.93. The number of benzene rings is 1. The maximum Gasteiger partial charge on any atom is 0.408 e. The van der Waals surface area contributed by atoms with Gasteiger partial charge < -0.3 is 10.8 Å². The lowest BCUT2D eigenvalue weighted by Crippen LogP contribution is -2.54. The normalized spacial score (nSPS) is 21.4. The molecule has 0 bridgehead atoms. The molecule has 1 aromatic rings. The molecule has 3 N–H and O–H groups in total. The Morgan fingerprint density at radius 2 is 1.90 bits per heavy atom. The summed E-state index contributed by atoms with van der Waals surface area (Å²) in [6, 6.07) is 7.07. The Hall–Kier alpha value is -2.04. The number of fused-ring (bicyclic) bond motifs is 1. The fourth-order valence-electron chi connectivity index (χ4n) is 3.08. The van der Waals surface area contributed by atoms with Crippen LogP contribution in [0, 0.1) is 0 Å². The van der Waals surface area contributed by atoms with E-state index < -0.39 is 29.5 Å². The lowest BCUT2D eigenvalue weighted by Gasteiger charge is -2.40. The highest BCUT2D eigenvalue weighted by molar-refractivity contribution is 5.85. The number of carbonyl (C=O) groups excluding carboxylic acids is 1. The third-order valence-corrected chi connectivity index (χ3v) is 3.77. The molecule has 0 spiro atoms. The molecule has 0 radical (unpaired) electrons. The van der Waals surface area contributed by atoms with Crippen LogP contribution in [0.5, 0.6) is 0 Å². The standard InChI is InChI=1S/C15H20N2O3/c1-15(2,3)17(14(19)20)11-8-9-6-4-5-7-10(9)12(11)13(16)18/h4-7,11-12H,8H2,1-3H3,(H2,16,18)(H,19,20)/t11-,12+/m1/s1. The van der Waals surface area contributed by atoms with Gasteiger partial charge in [0.05, 0.1) is 12.0 Å². The molecule has 20 heavy (non-hydrogen) atoms. The van der Waals surface area contributed by atoms with Crippen LogP contribution < -0.4 is 5.73 Å². The number of nitrogens with zero attached hydrogens (tertiary/aromatic N) is 1. The number of hydrogen-bond acceptors (Lipinski definition) is 2. The number of nitrogens with two attached hydrogens (primary N) is 1. The molecule has 1 aromatic carbocycles. The Balaban J connectivity index is 2.47. The minimum absolute atomic E-state index is 0.442. The van der Waals surface area contributed by atoms with Crippen molar-refractivity contribution in [2.45, 2.75) is 44.7 Å². The maximum absolute atomic E-state index is 11.8. The Morgan fingerprint density at radius 1 is 1.30 bits per heavy atom. The molecule has 1 aliphatic carbocycles. The number of hydrogen-bond donors (Lipinski definition) is 2. The molecule has 5 nitrogen and oxygen atoms in total. The molecule has 2 rings (SSSR count). The monoisotopic (exact) mass is 276 g/mol. The summed E-state index contributed by atoms with van der Waals surface area (Å²) in [6.07, 6.45) is -0.505. The minimum atomic E-state index is -1.03. The third-order valence-electron chi connectivity index (χ3n) is 3.77. The van der Waals surface area contributed by atoms with Gasteiger partial charge in [-0.3, -0.25) is 9.69 Å². The molecule has 0 unspecified atom stereocenters. The first kappa shape index (κ1) is 14.4. The van der Waals surface area contributed by atoms with Crippen LogP contribution in [0.2, 0.25) is 0 Å². The Bertz CT molecular complexity index is 548. The van der Waals surface area contributed by atoms with Crippen molar-refractivity contribution in [3.8, 4) is 0 Å². The maximum atomic E-state index is 11.8. The van der Waals surface area contributed by atoms with Gasteiger partial charge in [0.25, 0.3) is 0 Å². The summed E-state index contributed by atoms with van der Waals surface area (Å²) < 4.78 is 0. The number of rotatable bonds is 2. The smallest absolute Gasteiger partial charge is 0.408 e. The van der Waals surface area contributed by atoms with Crippen molar-refractivity contribution in [2.75, 3.05) is 0 Å². The number of primary amides is 1. The van der Waals surface area contributed by atoms with E-state index in [4.69, 9.17) is 5.73 Å². The van der Waals surface area contributed by atoms with Gasteiger partial charge in [-0.2, -0.15) is 0 Å². The average molecular weight is 276 g/mol. The van der Waals surface area contributed by atoms with Crippen molar-refractivity contribution >= 4 is 12.0 Å². The predicted octanol–water partition coefficient (Wildman–Crippen LogP) is 1.96. The van der Waals surface area contributed by atoms with Gasteiger partial charge in [0.2, 0.25) is 5.91 Å². The fraction of sp³-hybridized carbons (Fsp3) is 0.467. The van der Waals surface area contributed by atoms with Crippen molar-refractivity contribution in [3.63, 3.8) is 0 Å². The van der Waals surface area contributed by atoms with Crippen molar-refractivity contribution in [1.29, 1.82) is 0 Å². The van der Waals surface area contributed by atoms with Gasteiger partial charge in [0, 0.05) is 5.54 Å². The second-order valence-corrected chi connectivity index (χ2v) is 6.17. The van der Waals surface area contributed by atoms with E-state index in [9.17, 15) is 14.7 Å². The summed E-state index contributed by atoms with van der Waals surface area (Å²) in [5, 5.41) is 9.52. The topological polar surface area (TPSA) is 83.6 Å². The minimum Gasteiger partial charge on any atom is -0.465 e. The van der Waals surface area contributed by atoms with Crippen LogP contribution in [0.15, 0.2) is 24.3 Å². The van der Waals surface area contributed by atoms with Crippen LogP contribution in [-0.2, 0) is 11.2 Å². The summed E-state index contributed by atoms with van der Waals surface area (Å²) in [4.78, 5) is 24.8. The first-order valence-corrected chi connectivity index (χ1v) is 6.63. The zero-order chi connectivity index (χ0) is 15.1. The highest BCUT2D eigenvalue weighted by Crippen LogP contribution is 2.38. The van der Waals surface area contributed by atoms with E-state index in [1.54, 1.807) is 0 Å². The Morgan fingerprint density at radius 3 is 2.40 bits per heavy atom. The zero-order valence-electron chi connectivity index (χ0n) is 12.0. The van der Waals surface area contributed by atoms with Gasteiger partial charge in [-0.1, -0.05) is 24.3 Å². The van der Waals surface area contributed by atoms with E-state index in [0.717, 1.165) is 11.1 Å². The highest BCUT2D eigenvalue weighted by atomic mass is 16.4. The molecule has 0 saturated heterocycles. The van der Waals surface area contributed by atoms with Gasteiger partial charge in [0.15, 0.2) is 0 Å². The molecule has 0 fully saturated rings. The number of carboxylic acid groups (broad SMARTS) is 1. The van der Waals surface area contributed by atoms with Crippen LogP contribution in [0.4, 0.5) is 4.79 Å². The molecule has 2 amide bonds. The number of carbonyl (C=O) groups is 2. The van der Waals surface area contributed by atoms with E-state index >= 15 is 0 Å². The fourth-order valence-corrected chi connectivity index (χ4v) is 3.08. The quantitative estimate of drug-likeness (QED) is 0.866. The van der Waals surface area contributed by atoms with Crippen molar-refractivity contribution < 1.29 is 14.7 Å². The van der Waals surface area contributed by atoms with E-state index in [1.807, 2.05) is 45.0 Å². The van der Waals surface area contributed by atoms with Crippen LogP contribution in [-0.4, -0.2) is 33.6 Å². The highest BCUT2D eigenvalue weighted by Gasteiger charge is 2.45. The predicted molar refractivity (Wildman–Crippen MR) is 75.5 cm³/mol. The molecular formula is C15H20N2O3. The van der Waals surface area contributed by atoms with E-state index in [1.165, 1.54) is 4.90 Å². The number of amides is 2. The van der Waals surface area contributed by atoms with Crippen molar-refractivity contribution in [1.82, 2.24) is 4.90 Å². The first-order chi connectivity index (χ1) is 9.23. The van der Waals surface area contributed by atoms with Gasteiger partial charge in [-0.25, -0.2) is 4.79 Å². The van der Waals surface area contributed by atoms with Crippen LogP contribution in [0.25, 0.3) is 0 Å². The molecule has 2 atom stereocenters. The SMILES string of the molecule is CC(C)(C)N(C(=O)O)[C@@H]1Cc2ccccc2[C@@H]1C(N)=O. The van der Waals surface area contributed by atoms with Gasteiger partial charge >= 0.3 is 6.09 Å². The second-order valence-electron chi connectivity index (χ2n) is 6.17. The van der Waals surface area contributed by atoms with E-state index in [-0.39, 0.29) is 0 Å². The third kappa shape index (κ3) is 2.35. The zero-order valence-corrected chi connectivity index (χ0v) is 12.0. The summed E-state index contributed by atoms with van der Waals surface area (Å²) in [6.45, 7) is 5.46. The summed E-state index contributed by atoms with van der Waals surface area (Å²) >= 11 is 0. The van der Waals surface area contributed by atoms with Crippen LogP contribution in [0.3, 0.4) is 0 Å². The second kappa shape index (κ2) is 4.81. The molecule has 108 valence electrons. The Labute approximate surface area is 118 Å². The van der Waals surface area contributed by atoms with Crippen molar-refractivity contribution in [2.24, 2.45) is 5.73 Å². The summed E-state index contributed by atoms with van der Waals surface area (Å²) in [5.41, 5.74) is 6.78. The largest absolute Gasteiger partial charge is 0.465 e. The van der Waals surface area contributed by atoms with E-state index in [0.29, 0.717) is 6.42 Å². The van der Waals surface area contributed by atoms with Gasteiger partial charge in [0.1, 0.15) is 0 Å². The lowest BCUT2D eigenvalue weighted by molar-refractivity contribution is -0.120. The van der Waals surface area contributed by atoms with Crippen molar-refractivity contribution in [3.05, 3.63) is 35.4 Å². The summed E-state index contributed by atoms with van der Waals surface area (Å²) in [5.74, 6) is -1.06. The average Bonchev–Trinajstić information content (AvgIpc) is 2.64. The molecule has 1 aliphatic rings. The Kier molecular flexibility index (Phi) is 3.46. The van der Waals surface area contributed by atoms with E-state index in [2.05, 4.69) is 0 Å². The first-order valence-electron chi connectivity index (χ1n) is 6.63. The van der Waals surface area contributed by atoms with Crippen LogP contribution in [0.1, 0.15) is 37.8 Å². The van der Waals surface area contributed by atoms with Gasteiger partial charge in [-0.15, -0.1) is 0 Å². The molecule has 5 heteroatoms. The molecule has 0 aromatic heterocycles. The van der Waals surface area contributed by atoms with Crippen LogP contribution >= 0.6 is 0 Å². The molecule has 0 saturated carbocycles. The molecule has 0 heterocycles. The molecular weight excluding hydrogens is 256 g/mol.